The smallest absolute Gasteiger partial charge is 0.0680 e. The first-order valence-electron chi connectivity index (χ1n) is 10.9. The number of fused-ring (bicyclic) bond motifs is 7. The van der Waals surface area contributed by atoms with Gasteiger partial charge in [0.2, 0.25) is 0 Å². The van der Waals surface area contributed by atoms with Gasteiger partial charge in [0.25, 0.3) is 0 Å². The number of rotatable bonds is 1. The van der Waals surface area contributed by atoms with E-state index in [0.717, 1.165) is 0 Å². The molecule has 0 spiro atoms. The van der Waals surface area contributed by atoms with Crippen molar-refractivity contribution in [1.29, 1.82) is 0 Å². The molecule has 0 unspecified atom stereocenters. The molecule has 0 aliphatic carbocycles. The van der Waals surface area contributed by atoms with Crippen molar-refractivity contribution in [3.8, 4) is 0 Å². The van der Waals surface area contributed by atoms with Gasteiger partial charge in [0.1, 0.15) is 0 Å². The van der Waals surface area contributed by atoms with Crippen LogP contribution in [0.15, 0.2) is 125 Å². The standard InChI is InChI=1S/C30H19NS/c1-4-12-23-20(8-1)11-7-15-26(23)31-27-18-16-22-10-3-6-14-25(22)30(27)32-28-19-17-21-9-2-5-13-24(21)29(28)31/h1-19H. The quantitative estimate of drug-likeness (QED) is 0.258. The Bertz CT molecular complexity index is 1660. The second kappa shape index (κ2) is 6.88. The molecule has 0 atom stereocenters. The van der Waals surface area contributed by atoms with Crippen LogP contribution in [0.4, 0.5) is 17.1 Å². The van der Waals surface area contributed by atoms with E-state index in [1.807, 2.05) is 11.8 Å². The lowest BCUT2D eigenvalue weighted by Crippen LogP contribution is -2.16. The molecule has 7 rings (SSSR count). The summed E-state index contributed by atoms with van der Waals surface area (Å²) >= 11 is 1.89. The van der Waals surface area contributed by atoms with Crippen LogP contribution in [0.2, 0.25) is 0 Å². The molecular formula is C30H19NS. The highest BCUT2D eigenvalue weighted by molar-refractivity contribution is 8.00. The molecule has 2 heteroatoms. The summed E-state index contributed by atoms with van der Waals surface area (Å²) in [6.07, 6.45) is 0. The molecule has 0 amide bonds. The fraction of sp³-hybridized carbons (Fsp3) is 0. The lowest BCUT2D eigenvalue weighted by Gasteiger charge is -2.35. The van der Waals surface area contributed by atoms with Crippen LogP contribution >= 0.6 is 11.8 Å². The van der Waals surface area contributed by atoms with Crippen LogP contribution in [0.25, 0.3) is 32.3 Å². The Hall–Kier alpha value is -3.75. The van der Waals surface area contributed by atoms with Gasteiger partial charge in [0.15, 0.2) is 0 Å². The summed E-state index contributed by atoms with van der Waals surface area (Å²) in [5, 5.41) is 7.65. The highest BCUT2D eigenvalue weighted by atomic mass is 32.2. The van der Waals surface area contributed by atoms with Crippen LogP contribution in [0, 0.1) is 0 Å². The Balaban J connectivity index is 1.64. The maximum Gasteiger partial charge on any atom is 0.0680 e. The third-order valence-electron chi connectivity index (χ3n) is 6.41. The van der Waals surface area contributed by atoms with Crippen LogP contribution in [-0.4, -0.2) is 0 Å². The van der Waals surface area contributed by atoms with E-state index in [9.17, 15) is 0 Å². The molecule has 1 nitrogen and oxygen atoms in total. The molecule has 0 N–H and O–H groups in total. The van der Waals surface area contributed by atoms with Crippen molar-refractivity contribution in [1.82, 2.24) is 0 Å². The molecule has 6 aromatic carbocycles. The van der Waals surface area contributed by atoms with Gasteiger partial charge in [0, 0.05) is 20.6 Å². The summed E-state index contributed by atoms with van der Waals surface area (Å²) in [5.41, 5.74) is 3.73. The summed E-state index contributed by atoms with van der Waals surface area (Å²) in [7, 11) is 0. The molecule has 0 radical (unpaired) electrons. The van der Waals surface area contributed by atoms with E-state index in [2.05, 4.69) is 120 Å². The Kier molecular flexibility index (Phi) is 3.84. The van der Waals surface area contributed by atoms with E-state index >= 15 is 0 Å². The van der Waals surface area contributed by atoms with Gasteiger partial charge in [-0.15, -0.1) is 0 Å². The number of anilines is 3. The molecule has 1 heterocycles. The largest absolute Gasteiger partial charge is 0.307 e. The predicted octanol–water partition coefficient (Wildman–Crippen LogP) is 9.08. The molecule has 150 valence electrons. The summed E-state index contributed by atoms with van der Waals surface area (Å²) in [6.45, 7) is 0. The molecule has 0 bridgehead atoms. The molecular weight excluding hydrogens is 406 g/mol. The van der Waals surface area contributed by atoms with E-state index in [1.165, 1.54) is 59.2 Å². The van der Waals surface area contributed by atoms with Gasteiger partial charge in [-0.1, -0.05) is 109 Å². The minimum absolute atomic E-state index is 1.22. The van der Waals surface area contributed by atoms with Crippen molar-refractivity contribution in [3.05, 3.63) is 115 Å². The monoisotopic (exact) mass is 425 g/mol. The maximum atomic E-state index is 2.48. The van der Waals surface area contributed by atoms with Crippen molar-refractivity contribution >= 4 is 61.1 Å². The molecule has 0 saturated heterocycles. The Morgan fingerprint density at radius 1 is 0.438 bits per heavy atom. The summed E-state index contributed by atoms with van der Waals surface area (Å²) in [5.74, 6) is 0. The molecule has 1 aliphatic rings. The molecule has 6 aromatic rings. The minimum Gasteiger partial charge on any atom is -0.307 e. The zero-order valence-corrected chi connectivity index (χ0v) is 18.1. The Morgan fingerprint density at radius 3 is 1.84 bits per heavy atom. The fourth-order valence-corrected chi connectivity index (χ4v) is 6.16. The van der Waals surface area contributed by atoms with Crippen LogP contribution < -0.4 is 4.90 Å². The van der Waals surface area contributed by atoms with Gasteiger partial charge in [-0.05, 0) is 39.7 Å². The van der Waals surface area contributed by atoms with Crippen LogP contribution in [0.5, 0.6) is 0 Å². The third kappa shape index (κ3) is 2.54. The highest BCUT2D eigenvalue weighted by Crippen LogP contribution is 2.56. The van der Waals surface area contributed by atoms with E-state index < -0.39 is 0 Å². The molecule has 0 saturated carbocycles. The zero-order valence-electron chi connectivity index (χ0n) is 17.3. The first-order valence-corrected chi connectivity index (χ1v) is 11.7. The molecule has 0 fully saturated rings. The molecule has 1 aliphatic heterocycles. The van der Waals surface area contributed by atoms with Crippen molar-refractivity contribution in [2.24, 2.45) is 0 Å². The van der Waals surface area contributed by atoms with Crippen molar-refractivity contribution in [2.75, 3.05) is 4.90 Å². The minimum atomic E-state index is 1.22. The number of benzene rings is 6. The van der Waals surface area contributed by atoms with E-state index in [4.69, 9.17) is 0 Å². The lowest BCUT2D eigenvalue weighted by atomic mass is 10.0. The normalized spacial score (nSPS) is 12.8. The van der Waals surface area contributed by atoms with E-state index in [0.29, 0.717) is 0 Å². The van der Waals surface area contributed by atoms with Gasteiger partial charge >= 0.3 is 0 Å². The fourth-order valence-electron chi connectivity index (χ4n) is 4.95. The highest BCUT2D eigenvalue weighted by Gasteiger charge is 2.28. The van der Waals surface area contributed by atoms with Gasteiger partial charge in [-0.25, -0.2) is 0 Å². The second-order valence-electron chi connectivity index (χ2n) is 8.20. The maximum absolute atomic E-state index is 2.48. The van der Waals surface area contributed by atoms with Crippen LogP contribution in [0.3, 0.4) is 0 Å². The van der Waals surface area contributed by atoms with Gasteiger partial charge in [0.05, 0.1) is 17.1 Å². The van der Waals surface area contributed by atoms with Gasteiger partial charge in [-0.3, -0.25) is 0 Å². The first kappa shape index (κ1) is 17.9. The average Bonchev–Trinajstić information content (AvgIpc) is 2.87. The van der Waals surface area contributed by atoms with Crippen molar-refractivity contribution < 1.29 is 0 Å². The number of nitrogens with zero attached hydrogens (tertiary/aromatic N) is 1. The Labute approximate surface area is 190 Å². The van der Waals surface area contributed by atoms with Crippen LogP contribution in [-0.2, 0) is 0 Å². The predicted molar refractivity (Wildman–Crippen MR) is 138 cm³/mol. The van der Waals surface area contributed by atoms with Gasteiger partial charge in [-0.2, -0.15) is 0 Å². The summed E-state index contributed by atoms with van der Waals surface area (Å²) in [4.78, 5) is 5.09. The number of hydrogen-bond donors (Lipinski definition) is 0. The SMILES string of the molecule is c1ccc2c(N3c4ccc5ccccc5c4Sc4ccc5ccccc5c43)cccc2c1. The van der Waals surface area contributed by atoms with Gasteiger partial charge < -0.3 is 4.90 Å². The van der Waals surface area contributed by atoms with Crippen molar-refractivity contribution in [3.63, 3.8) is 0 Å². The lowest BCUT2D eigenvalue weighted by molar-refractivity contribution is 1.20. The zero-order chi connectivity index (χ0) is 21.1. The second-order valence-corrected chi connectivity index (χ2v) is 9.26. The number of hydrogen-bond acceptors (Lipinski definition) is 2. The first-order chi connectivity index (χ1) is 15.9. The molecule has 32 heavy (non-hydrogen) atoms. The van der Waals surface area contributed by atoms with Crippen molar-refractivity contribution in [2.45, 2.75) is 9.79 Å². The van der Waals surface area contributed by atoms with Crippen LogP contribution in [0.1, 0.15) is 0 Å². The van der Waals surface area contributed by atoms with E-state index in [-0.39, 0.29) is 0 Å². The van der Waals surface area contributed by atoms with E-state index in [1.54, 1.807) is 0 Å². The summed E-state index contributed by atoms with van der Waals surface area (Å²) < 4.78 is 0. The average molecular weight is 426 g/mol. The topological polar surface area (TPSA) is 3.24 Å². The molecule has 0 aromatic heterocycles. The Morgan fingerprint density at radius 2 is 1.03 bits per heavy atom. The summed E-state index contributed by atoms with van der Waals surface area (Å²) in [6, 6.07) is 41.8. The third-order valence-corrected chi connectivity index (χ3v) is 7.59.